The van der Waals surface area contributed by atoms with Crippen LogP contribution in [0.4, 0.5) is 0 Å². The third-order valence-electron chi connectivity index (χ3n) is 4.63. The number of nitrogens with zero attached hydrogens (tertiary/aromatic N) is 4. The first-order chi connectivity index (χ1) is 12.7. The highest BCUT2D eigenvalue weighted by Crippen LogP contribution is 2.27. The van der Waals surface area contributed by atoms with Crippen LogP contribution in [-0.2, 0) is 25.4 Å². The van der Waals surface area contributed by atoms with E-state index >= 15 is 0 Å². The minimum atomic E-state index is -0.427. The largest absolute Gasteiger partial charge is 0.332 e. The van der Waals surface area contributed by atoms with Crippen LogP contribution in [0.25, 0.3) is 11.2 Å². The zero-order valence-corrected chi connectivity index (χ0v) is 16.8. The summed E-state index contributed by atoms with van der Waals surface area (Å²) in [6.07, 6.45) is 0. The molecule has 3 rings (SSSR count). The van der Waals surface area contributed by atoms with Crippen LogP contribution in [0.3, 0.4) is 0 Å². The average Bonchev–Trinajstić information content (AvgIpc) is 2.98. The first-order valence-electron chi connectivity index (χ1n) is 8.59. The number of rotatable bonds is 5. The van der Waals surface area contributed by atoms with Crippen molar-refractivity contribution in [2.45, 2.75) is 37.7 Å². The summed E-state index contributed by atoms with van der Waals surface area (Å²) in [5.74, 6) is 0.0238. The fourth-order valence-corrected chi connectivity index (χ4v) is 3.68. The Labute approximate surface area is 160 Å². The van der Waals surface area contributed by atoms with Crippen LogP contribution in [0.5, 0.6) is 0 Å². The van der Waals surface area contributed by atoms with Gasteiger partial charge in [0.2, 0.25) is 0 Å². The van der Waals surface area contributed by atoms with E-state index in [1.807, 2.05) is 31.2 Å². The minimum absolute atomic E-state index is 0.0238. The van der Waals surface area contributed by atoms with Crippen LogP contribution in [0.1, 0.15) is 25.0 Å². The number of thioether (sulfide) groups is 1. The van der Waals surface area contributed by atoms with Gasteiger partial charge in [-0.25, -0.2) is 9.78 Å². The van der Waals surface area contributed by atoms with E-state index in [4.69, 9.17) is 0 Å². The smallest absolute Gasteiger partial charge is 0.309 e. The Kier molecular flexibility index (Phi) is 5.10. The van der Waals surface area contributed by atoms with E-state index in [1.54, 1.807) is 18.5 Å². The van der Waals surface area contributed by atoms with Crippen molar-refractivity contribution >= 4 is 28.7 Å². The first kappa shape index (κ1) is 19.2. The van der Waals surface area contributed by atoms with Crippen LogP contribution in [0, 0.1) is 6.92 Å². The van der Waals surface area contributed by atoms with Crippen LogP contribution in [-0.4, -0.2) is 29.7 Å². The lowest BCUT2D eigenvalue weighted by molar-refractivity contribution is -0.116. The molecule has 0 amide bonds. The first-order valence-corrected chi connectivity index (χ1v) is 9.47. The number of fused-ring (bicyclic) bond motifs is 1. The summed E-state index contributed by atoms with van der Waals surface area (Å²) in [4.78, 5) is 41.3. The molecule has 0 N–H and O–H groups in total. The highest BCUT2D eigenvalue weighted by molar-refractivity contribution is 8.00. The van der Waals surface area contributed by atoms with Crippen molar-refractivity contribution < 1.29 is 4.79 Å². The van der Waals surface area contributed by atoms with Gasteiger partial charge in [-0.3, -0.25) is 18.7 Å². The Morgan fingerprint density at radius 1 is 1.15 bits per heavy atom. The predicted molar refractivity (Wildman–Crippen MR) is 106 cm³/mol. The lowest BCUT2D eigenvalue weighted by atomic mass is 10.1. The van der Waals surface area contributed by atoms with Gasteiger partial charge in [-0.1, -0.05) is 41.6 Å². The second-order valence-electron chi connectivity index (χ2n) is 6.71. The quantitative estimate of drug-likeness (QED) is 0.626. The summed E-state index contributed by atoms with van der Waals surface area (Å²) in [7, 11) is 3.05. The lowest BCUT2D eigenvalue weighted by Crippen LogP contribution is -2.37. The lowest BCUT2D eigenvalue weighted by Gasteiger charge is -2.11. The number of Topliss-reactive ketones (excluding diaryl/α,β-unsaturated/α-hetero) is 1. The molecule has 0 saturated heterocycles. The highest BCUT2D eigenvalue weighted by atomic mass is 32.2. The number of aromatic nitrogens is 4. The van der Waals surface area contributed by atoms with E-state index in [0.717, 1.165) is 15.7 Å². The van der Waals surface area contributed by atoms with Crippen molar-refractivity contribution in [2.75, 3.05) is 0 Å². The molecule has 0 aliphatic heterocycles. The molecule has 27 heavy (non-hydrogen) atoms. The van der Waals surface area contributed by atoms with Gasteiger partial charge in [0, 0.05) is 14.1 Å². The van der Waals surface area contributed by atoms with Crippen molar-refractivity contribution in [3.8, 4) is 0 Å². The van der Waals surface area contributed by atoms with Crippen molar-refractivity contribution in [3.63, 3.8) is 0 Å². The molecule has 2 heterocycles. The fraction of sp³-hybridized carbons (Fsp3) is 0.368. The predicted octanol–water partition coefficient (Wildman–Crippen LogP) is 1.86. The molecule has 1 aromatic carbocycles. The van der Waals surface area contributed by atoms with E-state index < -0.39 is 11.2 Å². The molecule has 3 aromatic rings. The number of imidazole rings is 1. The van der Waals surface area contributed by atoms with Gasteiger partial charge in [0.15, 0.2) is 16.3 Å². The Bertz CT molecular complexity index is 1140. The maximum absolute atomic E-state index is 12.8. The van der Waals surface area contributed by atoms with Crippen LogP contribution >= 0.6 is 11.8 Å². The summed E-state index contributed by atoms with van der Waals surface area (Å²) in [6.45, 7) is 5.77. The van der Waals surface area contributed by atoms with Gasteiger partial charge < -0.3 is 4.57 Å². The Hall–Kier alpha value is -2.61. The van der Waals surface area contributed by atoms with Crippen molar-refractivity contribution in [1.29, 1.82) is 0 Å². The Morgan fingerprint density at radius 3 is 2.37 bits per heavy atom. The number of hydrogen-bond acceptors (Lipinski definition) is 5. The SMILES string of the molecule is CC(=O)[C@@H](C)Sc1nc2c(c(=O)n(C)c(=O)n2C)n1Cc1ccc(C)cc1. The maximum atomic E-state index is 12.8. The van der Waals surface area contributed by atoms with Crippen LogP contribution in [0.2, 0.25) is 0 Å². The number of carbonyl (C=O) groups is 1. The van der Waals surface area contributed by atoms with E-state index in [-0.39, 0.29) is 11.0 Å². The van der Waals surface area contributed by atoms with Crippen molar-refractivity contribution in [3.05, 3.63) is 56.2 Å². The molecule has 1 atom stereocenters. The third kappa shape index (κ3) is 3.49. The number of hydrogen-bond donors (Lipinski definition) is 0. The van der Waals surface area contributed by atoms with Crippen LogP contribution < -0.4 is 11.2 Å². The fourth-order valence-electron chi connectivity index (χ4n) is 2.78. The molecular weight excluding hydrogens is 364 g/mol. The van der Waals surface area contributed by atoms with Gasteiger partial charge in [-0.2, -0.15) is 0 Å². The average molecular weight is 386 g/mol. The molecule has 2 aromatic heterocycles. The van der Waals surface area contributed by atoms with Crippen LogP contribution in [0.15, 0.2) is 39.0 Å². The molecule has 142 valence electrons. The molecule has 0 unspecified atom stereocenters. The molecule has 0 fully saturated rings. The molecule has 0 aliphatic carbocycles. The molecule has 8 heteroatoms. The molecule has 0 aliphatic rings. The molecule has 0 bridgehead atoms. The number of benzene rings is 1. The van der Waals surface area contributed by atoms with E-state index in [0.29, 0.717) is 22.9 Å². The topological polar surface area (TPSA) is 78.9 Å². The van der Waals surface area contributed by atoms with Gasteiger partial charge in [-0.15, -0.1) is 0 Å². The molecule has 0 saturated carbocycles. The summed E-state index contributed by atoms with van der Waals surface area (Å²) in [5, 5.41) is 0.242. The third-order valence-corrected chi connectivity index (χ3v) is 5.84. The second-order valence-corrected chi connectivity index (χ2v) is 8.02. The van der Waals surface area contributed by atoms with E-state index in [2.05, 4.69) is 4.98 Å². The molecule has 7 nitrogen and oxygen atoms in total. The highest BCUT2D eigenvalue weighted by Gasteiger charge is 2.22. The molecule has 0 radical (unpaired) electrons. The normalized spacial score (nSPS) is 12.5. The Balaban J connectivity index is 2.26. The van der Waals surface area contributed by atoms with Gasteiger partial charge in [0.1, 0.15) is 5.78 Å². The monoisotopic (exact) mass is 386 g/mol. The molecule has 0 spiro atoms. The number of aryl methyl sites for hydroxylation is 2. The standard InChI is InChI=1S/C19H22N4O3S/c1-11-6-8-14(9-7-11)10-23-15-16(20-18(23)27-13(3)12(2)24)21(4)19(26)22(5)17(15)25/h6-9,13H,10H2,1-5H3/t13-/m1/s1. The van der Waals surface area contributed by atoms with Crippen molar-refractivity contribution in [2.24, 2.45) is 14.1 Å². The van der Waals surface area contributed by atoms with E-state index in [1.165, 1.54) is 30.3 Å². The Morgan fingerprint density at radius 2 is 1.78 bits per heavy atom. The second kappa shape index (κ2) is 7.19. The van der Waals surface area contributed by atoms with Gasteiger partial charge in [0.05, 0.1) is 11.8 Å². The maximum Gasteiger partial charge on any atom is 0.332 e. The number of ketones is 1. The van der Waals surface area contributed by atoms with Gasteiger partial charge in [-0.05, 0) is 26.3 Å². The number of carbonyl (C=O) groups excluding carboxylic acids is 1. The summed E-state index contributed by atoms with van der Waals surface area (Å²) in [5.41, 5.74) is 2.02. The van der Waals surface area contributed by atoms with E-state index in [9.17, 15) is 14.4 Å². The molecular formula is C19H22N4O3S. The minimum Gasteiger partial charge on any atom is -0.309 e. The summed E-state index contributed by atoms with van der Waals surface area (Å²) >= 11 is 1.29. The van der Waals surface area contributed by atoms with Crippen molar-refractivity contribution in [1.82, 2.24) is 18.7 Å². The zero-order chi connectivity index (χ0) is 19.9. The summed E-state index contributed by atoms with van der Waals surface area (Å²) in [6, 6.07) is 8.01. The van der Waals surface area contributed by atoms with Gasteiger partial charge in [0.25, 0.3) is 5.56 Å². The summed E-state index contributed by atoms with van der Waals surface area (Å²) < 4.78 is 4.25. The zero-order valence-electron chi connectivity index (χ0n) is 16.0. The van der Waals surface area contributed by atoms with Gasteiger partial charge >= 0.3 is 5.69 Å².